The topological polar surface area (TPSA) is 95.5 Å². The molecule has 0 saturated heterocycles. The summed E-state index contributed by atoms with van der Waals surface area (Å²) in [6.07, 6.45) is 0.816. The Balaban J connectivity index is 1.74. The van der Waals surface area contributed by atoms with Gasteiger partial charge in [0.05, 0.1) is 5.71 Å². The van der Waals surface area contributed by atoms with E-state index in [-0.39, 0.29) is 25.9 Å². The predicted molar refractivity (Wildman–Crippen MR) is 85.0 cm³/mol. The van der Waals surface area contributed by atoms with Crippen molar-refractivity contribution >= 4 is 17.6 Å². The van der Waals surface area contributed by atoms with Gasteiger partial charge in [0, 0.05) is 12.1 Å². The molecule has 2 rings (SSSR count). The van der Waals surface area contributed by atoms with Crippen LogP contribution in [0.4, 0.5) is 0 Å². The van der Waals surface area contributed by atoms with Gasteiger partial charge in [-0.05, 0) is 31.5 Å². The number of amides is 1. The fourth-order valence-corrected chi connectivity index (χ4v) is 1.86. The summed E-state index contributed by atoms with van der Waals surface area (Å²) in [5.41, 5.74) is 1.35. The van der Waals surface area contributed by atoms with Gasteiger partial charge in [-0.25, -0.2) is 4.79 Å². The van der Waals surface area contributed by atoms with Crippen molar-refractivity contribution in [3.63, 3.8) is 0 Å². The number of carbonyl (C=O) groups excluding carboxylic acids is 2. The minimum absolute atomic E-state index is 0.198. The fourth-order valence-electron chi connectivity index (χ4n) is 1.86. The molecule has 1 aliphatic heterocycles. The molecule has 0 spiro atoms. The summed E-state index contributed by atoms with van der Waals surface area (Å²) in [5, 5.41) is 6.45. The highest BCUT2D eigenvalue weighted by Crippen LogP contribution is 2.32. The molecule has 24 heavy (non-hydrogen) atoms. The molecule has 130 valence electrons. The van der Waals surface area contributed by atoms with Gasteiger partial charge in [0.25, 0.3) is 5.91 Å². The zero-order chi connectivity index (χ0) is 17.4. The minimum atomic E-state index is -0.663. The molecule has 0 saturated carbocycles. The number of hydrogen-bond donors (Lipinski definition) is 1. The van der Waals surface area contributed by atoms with Crippen molar-refractivity contribution in [1.29, 1.82) is 0 Å². The number of rotatable bonds is 8. The average Bonchev–Trinajstić information content (AvgIpc) is 3.05. The van der Waals surface area contributed by atoms with Gasteiger partial charge in [-0.1, -0.05) is 12.1 Å². The molecular formula is C16H20N2O6. The maximum Gasteiger partial charge on any atom is 0.347 e. The van der Waals surface area contributed by atoms with Crippen LogP contribution in [-0.2, 0) is 19.2 Å². The van der Waals surface area contributed by atoms with Crippen LogP contribution < -0.4 is 14.8 Å². The normalized spacial score (nSPS) is 12.7. The molecule has 0 bridgehead atoms. The van der Waals surface area contributed by atoms with Crippen molar-refractivity contribution in [1.82, 2.24) is 5.32 Å². The largest absolute Gasteiger partial charge is 0.454 e. The highest BCUT2D eigenvalue weighted by atomic mass is 16.7. The lowest BCUT2D eigenvalue weighted by atomic mass is 10.1. The second-order valence-corrected chi connectivity index (χ2v) is 5.03. The van der Waals surface area contributed by atoms with Crippen molar-refractivity contribution in [2.24, 2.45) is 5.16 Å². The van der Waals surface area contributed by atoms with Gasteiger partial charge in [-0.15, -0.1) is 0 Å². The lowest BCUT2D eigenvalue weighted by Crippen LogP contribution is -2.29. The van der Waals surface area contributed by atoms with E-state index in [1.807, 2.05) is 13.0 Å². The van der Waals surface area contributed by atoms with E-state index in [9.17, 15) is 9.59 Å². The maximum atomic E-state index is 11.5. The number of hydrogen-bond acceptors (Lipinski definition) is 7. The molecule has 0 aromatic heterocycles. The molecule has 0 aliphatic carbocycles. The smallest absolute Gasteiger partial charge is 0.347 e. The number of nitrogens with one attached hydrogen (secondary N) is 1. The van der Waals surface area contributed by atoms with Crippen LogP contribution in [0.25, 0.3) is 0 Å². The third-order valence-corrected chi connectivity index (χ3v) is 3.11. The van der Waals surface area contributed by atoms with Gasteiger partial charge in [0.2, 0.25) is 13.4 Å². The first-order valence-corrected chi connectivity index (χ1v) is 7.59. The molecule has 0 unspecified atom stereocenters. The van der Waals surface area contributed by atoms with E-state index in [4.69, 9.17) is 19.0 Å². The number of ether oxygens (including phenoxy) is 3. The number of nitrogens with zero attached hydrogens (tertiary/aromatic N) is 1. The molecule has 0 fully saturated rings. The maximum absolute atomic E-state index is 11.5. The Labute approximate surface area is 139 Å². The molecule has 8 nitrogen and oxygen atoms in total. The molecule has 1 aromatic rings. The Hall–Kier alpha value is -2.77. The minimum Gasteiger partial charge on any atom is -0.454 e. The number of esters is 1. The number of benzene rings is 1. The fraction of sp³-hybridized carbons (Fsp3) is 0.438. The van der Waals surface area contributed by atoms with Crippen LogP contribution in [0.15, 0.2) is 23.4 Å². The highest BCUT2D eigenvalue weighted by Gasteiger charge is 2.14. The standard InChI is InChI=1S/C16H20N2O6/c1-3-6-17-15(19)8-21-16(20)9-24-18-11(2)12-4-5-13-14(7-12)23-10-22-13/h4-5,7H,3,6,8-10H2,1-2H3,(H,17,19)/b18-11-. The SMILES string of the molecule is CCCNC(=O)COC(=O)CO/N=C(/C)c1ccc2c(c1)OCO2. The van der Waals surface area contributed by atoms with Crippen molar-refractivity contribution in [2.45, 2.75) is 20.3 Å². The quantitative estimate of drug-likeness (QED) is 0.436. The molecule has 0 radical (unpaired) electrons. The van der Waals surface area contributed by atoms with Crippen LogP contribution >= 0.6 is 0 Å². The summed E-state index contributed by atoms with van der Waals surface area (Å²) < 4.78 is 15.3. The Morgan fingerprint density at radius 3 is 2.83 bits per heavy atom. The van der Waals surface area contributed by atoms with E-state index < -0.39 is 5.97 Å². The summed E-state index contributed by atoms with van der Waals surface area (Å²) in [7, 11) is 0. The second-order valence-electron chi connectivity index (χ2n) is 5.03. The van der Waals surface area contributed by atoms with Crippen molar-refractivity contribution in [3.8, 4) is 11.5 Å². The summed E-state index contributed by atoms with van der Waals surface area (Å²) in [5.74, 6) is 0.311. The summed E-state index contributed by atoms with van der Waals surface area (Å²) in [4.78, 5) is 27.7. The monoisotopic (exact) mass is 336 g/mol. The first-order valence-electron chi connectivity index (χ1n) is 7.59. The summed E-state index contributed by atoms with van der Waals surface area (Å²) in [6.45, 7) is 3.72. The van der Waals surface area contributed by atoms with Gasteiger partial charge >= 0.3 is 5.97 Å². The van der Waals surface area contributed by atoms with Crippen molar-refractivity contribution in [2.75, 3.05) is 26.6 Å². The Bertz CT molecular complexity index is 629. The third-order valence-electron chi connectivity index (χ3n) is 3.11. The van der Waals surface area contributed by atoms with Crippen LogP contribution in [-0.4, -0.2) is 44.1 Å². The highest BCUT2D eigenvalue weighted by molar-refractivity contribution is 5.99. The van der Waals surface area contributed by atoms with Crippen LogP contribution in [0.2, 0.25) is 0 Å². The zero-order valence-corrected chi connectivity index (χ0v) is 13.7. The number of fused-ring (bicyclic) bond motifs is 1. The molecule has 0 atom stereocenters. The van der Waals surface area contributed by atoms with Gasteiger partial charge in [-0.3, -0.25) is 4.79 Å². The number of oxime groups is 1. The first-order chi connectivity index (χ1) is 11.6. The molecule has 1 N–H and O–H groups in total. The first kappa shape index (κ1) is 17.6. The molecule has 8 heteroatoms. The summed E-state index contributed by atoms with van der Waals surface area (Å²) >= 11 is 0. The van der Waals surface area contributed by atoms with E-state index in [1.54, 1.807) is 19.1 Å². The van der Waals surface area contributed by atoms with E-state index in [2.05, 4.69) is 10.5 Å². The Morgan fingerprint density at radius 2 is 2.04 bits per heavy atom. The van der Waals surface area contributed by atoms with Gasteiger partial charge in [-0.2, -0.15) is 0 Å². The molecule has 1 aromatic carbocycles. The van der Waals surface area contributed by atoms with Crippen LogP contribution in [0, 0.1) is 0 Å². The van der Waals surface area contributed by atoms with Crippen LogP contribution in [0.3, 0.4) is 0 Å². The zero-order valence-electron chi connectivity index (χ0n) is 13.7. The van der Waals surface area contributed by atoms with Gasteiger partial charge < -0.3 is 24.4 Å². The molecule has 1 heterocycles. The van der Waals surface area contributed by atoms with Gasteiger partial charge in [0.15, 0.2) is 18.1 Å². The third kappa shape index (κ3) is 5.15. The molecule has 1 aliphatic rings. The van der Waals surface area contributed by atoms with E-state index in [0.717, 1.165) is 12.0 Å². The number of carbonyl (C=O) groups is 2. The molecule has 1 amide bonds. The van der Waals surface area contributed by atoms with Crippen LogP contribution in [0.1, 0.15) is 25.8 Å². The average molecular weight is 336 g/mol. The van der Waals surface area contributed by atoms with Crippen molar-refractivity contribution < 1.29 is 28.6 Å². The Kier molecular flexibility index (Phi) is 6.41. The van der Waals surface area contributed by atoms with E-state index >= 15 is 0 Å². The molecular weight excluding hydrogens is 316 g/mol. The lowest BCUT2D eigenvalue weighted by molar-refractivity contribution is -0.152. The van der Waals surface area contributed by atoms with E-state index in [0.29, 0.717) is 23.8 Å². The van der Waals surface area contributed by atoms with E-state index in [1.165, 1.54) is 0 Å². The van der Waals surface area contributed by atoms with Gasteiger partial charge in [0.1, 0.15) is 0 Å². The second kappa shape index (κ2) is 8.76. The predicted octanol–water partition coefficient (Wildman–Crippen LogP) is 1.23. The lowest BCUT2D eigenvalue weighted by Gasteiger charge is -2.06. The van der Waals surface area contributed by atoms with Crippen LogP contribution in [0.5, 0.6) is 11.5 Å². The summed E-state index contributed by atoms with van der Waals surface area (Å²) in [6, 6.07) is 5.37. The van der Waals surface area contributed by atoms with Crippen molar-refractivity contribution in [3.05, 3.63) is 23.8 Å². The Morgan fingerprint density at radius 1 is 1.25 bits per heavy atom.